The van der Waals surface area contributed by atoms with Gasteiger partial charge in [0.15, 0.2) is 0 Å². The van der Waals surface area contributed by atoms with Gasteiger partial charge in [0.05, 0.1) is 6.54 Å². The maximum absolute atomic E-state index is 9.72. The summed E-state index contributed by atoms with van der Waals surface area (Å²) < 4.78 is 0. The molecule has 1 aromatic rings. The van der Waals surface area contributed by atoms with Crippen LogP contribution in [0.2, 0.25) is 0 Å². The summed E-state index contributed by atoms with van der Waals surface area (Å²) in [4.78, 5) is 25.5. The molecule has 0 heterocycles. The zero-order valence-electron chi connectivity index (χ0n) is 9.93. The van der Waals surface area contributed by atoms with E-state index in [4.69, 9.17) is 4.79 Å². The predicted molar refractivity (Wildman–Crippen MR) is 66.4 cm³/mol. The van der Waals surface area contributed by atoms with Crippen LogP contribution in [0.4, 0.5) is 0 Å². The van der Waals surface area contributed by atoms with Crippen molar-refractivity contribution in [1.29, 1.82) is 0 Å². The summed E-state index contributed by atoms with van der Waals surface area (Å²) in [6.07, 6.45) is 4.82. The number of hydrogen-bond acceptors (Lipinski definition) is 4. The van der Waals surface area contributed by atoms with Gasteiger partial charge in [0.2, 0.25) is 12.2 Å². The lowest BCUT2D eigenvalue weighted by molar-refractivity contribution is 0.562. The van der Waals surface area contributed by atoms with Crippen molar-refractivity contribution in [3.05, 3.63) is 35.9 Å². The molecule has 0 unspecified atom stereocenters. The predicted octanol–water partition coefficient (Wildman–Crippen LogP) is 2.30. The second-order valence-corrected chi connectivity index (χ2v) is 3.13. The van der Waals surface area contributed by atoms with Gasteiger partial charge in [-0.25, -0.2) is 19.6 Å². The van der Waals surface area contributed by atoms with Crippen LogP contribution in [-0.4, -0.2) is 25.2 Å². The fourth-order valence-corrected chi connectivity index (χ4v) is 1.12. The number of hydrogen-bond donors (Lipinski definition) is 0. The Morgan fingerprint density at radius 3 is 2.18 bits per heavy atom. The summed E-state index contributed by atoms with van der Waals surface area (Å²) in [5.41, 5.74) is 1.29. The highest BCUT2D eigenvalue weighted by molar-refractivity contribution is 5.32. The van der Waals surface area contributed by atoms with Crippen molar-refractivity contribution in [2.75, 3.05) is 13.1 Å². The fraction of sp³-hybridized carbons (Fsp3) is 0.385. The molecule has 0 saturated carbocycles. The van der Waals surface area contributed by atoms with E-state index < -0.39 is 0 Å². The minimum absolute atomic E-state index is 0.545. The molecule has 0 saturated heterocycles. The maximum atomic E-state index is 9.72. The summed E-state index contributed by atoms with van der Waals surface area (Å²) in [5, 5.41) is 0. The smallest absolute Gasteiger partial charge is 0.211 e. The fourth-order valence-electron chi connectivity index (χ4n) is 1.12. The summed E-state index contributed by atoms with van der Waals surface area (Å²) in [7, 11) is 0. The van der Waals surface area contributed by atoms with Gasteiger partial charge in [-0.15, -0.1) is 0 Å². The highest BCUT2D eigenvalue weighted by atomic mass is 16.1. The molecule has 1 aromatic carbocycles. The summed E-state index contributed by atoms with van der Waals surface area (Å²) in [5.74, 6) is 0. The van der Waals surface area contributed by atoms with E-state index in [9.17, 15) is 4.79 Å². The quantitative estimate of drug-likeness (QED) is 0.444. The van der Waals surface area contributed by atoms with Crippen molar-refractivity contribution in [3.8, 4) is 0 Å². The van der Waals surface area contributed by atoms with Crippen molar-refractivity contribution in [2.45, 2.75) is 19.8 Å². The molecule has 0 N–H and O–H groups in total. The second kappa shape index (κ2) is 12.1. The van der Waals surface area contributed by atoms with Gasteiger partial charge in [-0.2, -0.15) is 0 Å². The van der Waals surface area contributed by atoms with Crippen molar-refractivity contribution in [1.82, 2.24) is 0 Å². The maximum Gasteiger partial charge on any atom is 0.234 e. The molecular weight excluding hydrogens is 216 g/mol. The SMILES string of the molecule is CCN=C=O.O=C=NCCCc1ccccc1. The first kappa shape index (κ1) is 15.0. The Labute approximate surface area is 101 Å². The topological polar surface area (TPSA) is 58.9 Å². The van der Waals surface area contributed by atoms with Crippen LogP contribution in [0, 0.1) is 0 Å². The molecule has 0 aliphatic rings. The lowest BCUT2D eigenvalue weighted by Crippen LogP contribution is -1.87. The molecule has 0 aromatic heterocycles. The summed E-state index contributed by atoms with van der Waals surface area (Å²) in [6.45, 7) is 2.91. The third kappa shape index (κ3) is 10.3. The summed E-state index contributed by atoms with van der Waals surface area (Å²) >= 11 is 0. The number of aryl methyl sites for hydroxylation is 1. The average Bonchev–Trinajstić information content (AvgIpc) is 2.38. The van der Waals surface area contributed by atoms with E-state index in [1.165, 1.54) is 17.7 Å². The Bertz CT molecular complexity index is 378. The molecule has 1 rings (SSSR count). The molecule has 0 radical (unpaired) electrons. The Morgan fingerprint density at radius 2 is 1.71 bits per heavy atom. The Hall–Kier alpha value is -2.02. The highest BCUT2D eigenvalue weighted by Crippen LogP contribution is 2.01. The minimum Gasteiger partial charge on any atom is -0.211 e. The van der Waals surface area contributed by atoms with Crippen molar-refractivity contribution >= 4 is 12.2 Å². The van der Waals surface area contributed by atoms with E-state index in [1.54, 1.807) is 6.92 Å². The minimum atomic E-state index is 0.545. The van der Waals surface area contributed by atoms with Gasteiger partial charge in [0.1, 0.15) is 0 Å². The van der Waals surface area contributed by atoms with Gasteiger partial charge in [0, 0.05) is 6.54 Å². The third-order valence-electron chi connectivity index (χ3n) is 1.87. The Morgan fingerprint density at radius 1 is 1.06 bits per heavy atom. The van der Waals surface area contributed by atoms with Gasteiger partial charge < -0.3 is 0 Å². The van der Waals surface area contributed by atoms with Gasteiger partial charge in [-0.3, -0.25) is 0 Å². The summed E-state index contributed by atoms with van der Waals surface area (Å²) in [6, 6.07) is 10.2. The van der Waals surface area contributed by atoms with E-state index >= 15 is 0 Å². The Balaban J connectivity index is 0.000000437. The highest BCUT2D eigenvalue weighted by Gasteiger charge is 1.89. The van der Waals surface area contributed by atoms with Gasteiger partial charge >= 0.3 is 0 Å². The molecule has 17 heavy (non-hydrogen) atoms. The normalized spacial score (nSPS) is 8.06. The van der Waals surface area contributed by atoms with E-state index in [-0.39, 0.29) is 0 Å². The molecule has 0 fully saturated rings. The molecule has 0 atom stereocenters. The second-order valence-electron chi connectivity index (χ2n) is 3.13. The zero-order chi connectivity index (χ0) is 12.8. The molecule has 0 bridgehead atoms. The lowest BCUT2D eigenvalue weighted by Gasteiger charge is -1.96. The number of aliphatic imine (C=N–C) groups is 2. The lowest BCUT2D eigenvalue weighted by atomic mass is 10.1. The van der Waals surface area contributed by atoms with Crippen molar-refractivity contribution in [3.63, 3.8) is 0 Å². The monoisotopic (exact) mass is 232 g/mol. The van der Waals surface area contributed by atoms with E-state index in [1.807, 2.05) is 18.2 Å². The first-order valence-corrected chi connectivity index (χ1v) is 5.46. The van der Waals surface area contributed by atoms with Gasteiger partial charge in [0.25, 0.3) is 0 Å². The van der Waals surface area contributed by atoms with Gasteiger partial charge in [-0.05, 0) is 25.3 Å². The van der Waals surface area contributed by atoms with Crippen LogP contribution in [0.5, 0.6) is 0 Å². The van der Waals surface area contributed by atoms with Gasteiger partial charge in [-0.1, -0.05) is 30.3 Å². The standard InChI is InChI=1S/C10H11NO.C3H5NO/c12-9-11-8-4-7-10-5-2-1-3-6-10;1-2-4-3-5/h1-3,5-6H,4,7-8H2;2H2,1H3. The van der Waals surface area contributed by atoms with Crippen LogP contribution < -0.4 is 0 Å². The third-order valence-corrected chi connectivity index (χ3v) is 1.87. The van der Waals surface area contributed by atoms with Crippen LogP contribution in [-0.2, 0) is 16.0 Å². The first-order chi connectivity index (χ1) is 8.35. The van der Waals surface area contributed by atoms with Crippen LogP contribution in [0.3, 0.4) is 0 Å². The molecule has 0 amide bonds. The first-order valence-electron chi connectivity index (χ1n) is 5.46. The van der Waals surface area contributed by atoms with E-state index in [0.29, 0.717) is 13.1 Å². The van der Waals surface area contributed by atoms with Crippen molar-refractivity contribution in [2.24, 2.45) is 9.98 Å². The van der Waals surface area contributed by atoms with Crippen LogP contribution >= 0.6 is 0 Å². The molecule has 4 nitrogen and oxygen atoms in total. The molecule has 0 aliphatic heterocycles. The van der Waals surface area contributed by atoms with E-state index in [2.05, 4.69) is 22.1 Å². The van der Waals surface area contributed by atoms with Crippen LogP contribution in [0.25, 0.3) is 0 Å². The molecule has 90 valence electrons. The number of isocyanates is 2. The van der Waals surface area contributed by atoms with Crippen LogP contribution in [0.15, 0.2) is 40.3 Å². The number of nitrogens with zero attached hydrogens (tertiary/aromatic N) is 2. The number of carbonyl (C=O) groups excluding carboxylic acids is 2. The zero-order valence-corrected chi connectivity index (χ0v) is 9.93. The van der Waals surface area contributed by atoms with Crippen molar-refractivity contribution < 1.29 is 9.59 Å². The molecule has 0 aliphatic carbocycles. The molecule has 0 spiro atoms. The molecular formula is C13H16N2O2. The average molecular weight is 232 g/mol. The molecule has 4 heteroatoms. The number of rotatable bonds is 5. The Kier molecular flexibility index (Phi) is 10.6. The van der Waals surface area contributed by atoms with E-state index in [0.717, 1.165) is 12.8 Å². The number of benzene rings is 1. The largest absolute Gasteiger partial charge is 0.234 e. The van der Waals surface area contributed by atoms with Crippen LogP contribution in [0.1, 0.15) is 18.9 Å².